The van der Waals surface area contributed by atoms with Gasteiger partial charge in [0.15, 0.2) is 0 Å². The second kappa shape index (κ2) is 8.42. The van der Waals surface area contributed by atoms with Gasteiger partial charge in [0.05, 0.1) is 30.6 Å². The van der Waals surface area contributed by atoms with E-state index in [1.165, 1.54) is 7.11 Å². The molecule has 0 aliphatic rings. The lowest BCUT2D eigenvalue weighted by Crippen LogP contribution is -2.13. The number of nitrogens with zero attached hydrogens (tertiary/aromatic N) is 1. The van der Waals surface area contributed by atoms with Gasteiger partial charge >= 0.3 is 0 Å². The van der Waals surface area contributed by atoms with Gasteiger partial charge < -0.3 is 20.1 Å². The zero-order valence-corrected chi connectivity index (χ0v) is 15.6. The number of methoxy groups -OCH3 is 2. The highest BCUT2D eigenvalue weighted by Gasteiger charge is 2.12. The Morgan fingerprint density at radius 2 is 1.81 bits per heavy atom. The number of ether oxygens (including phenoxy) is 2. The van der Waals surface area contributed by atoms with Crippen LogP contribution >= 0.6 is 11.6 Å². The highest BCUT2D eigenvalue weighted by atomic mass is 35.5. The number of nitrogens with one attached hydrogen (secondary N) is 2. The normalized spacial score (nSPS) is 10.2. The van der Waals surface area contributed by atoms with Crippen molar-refractivity contribution in [1.29, 1.82) is 0 Å². The SMILES string of the molecule is COc1ccc(OC)c(NC(=O)c2ccnc(Nc3ccccc3Cl)c2)c1. The van der Waals surface area contributed by atoms with E-state index in [0.717, 1.165) is 0 Å². The highest BCUT2D eigenvalue weighted by Crippen LogP contribution is 2.29. The van der Waals surface area contributed by atoms with Crippen LogP contribution in [0.1, 0.15) is 10.4 Å². The van der Waals surface area contributed by atoms with Crippen molar-refractivity contribution < 1.29 is 14.3 Å². The molecule has 3 rings (SSSR count). The Kier molecular flexibility index (Phi) is 5.78. The van der Waals surface area contributed by atoms with Crippen LogP contribution in [-0.4, -0.2) is 25.1 Å². The number of hydrogen-bond acceptors (Lipinski definition) is 5. The molecule has 0 fully saturated rings. The molecule has 0 saturated carbocycles. The Bertz CT molecular complexity index is 963. The Morgan fingerprint density at radius 3 is 2.56 bits per heavy atom. The van der Waals surface area contributed by atoms with E-state index < -0.39 is 0 Å². The predicted octanol–water partition coefficient (Wildman–Crippen LogP) is 4.75. The van der Waals surface area contributed by atoms with Crippen molar-refractivity contribution in [1.82, 2.24) is 4.98 Å². The highest BCUT2D eigenvalue weighted by molar-refractivity contribution is 6.33. The molecule has 138 valence electrons. The van der Waals surface area contributed by atoms with Gasteiger partial charge in [0.1, 0.15) is 17.3 Å². The van der Waals surface area contributed by atoms with Gasteiger partial charge in [0.25, 0.3) is 5.91 Å². The number of benzene rings is 2. The van der Waals surface area contributed by atoms with Crippen LogP contribution in [0.4, 0.5) is 17.2 Å². The smallest absolute Gasteiger partial charge is 0.255 e. The fraction of sp³-hybridized carbons (Fsp3) is 0.100. The number of para-hydroxylation sites is 1. The largest absolute Gasteiger partial charge is 0.497 e. The van der Waals surface area contributed by atoms with Gasteiger partial charge in [0.2, 0.25) is 0 Å². The van der Waals surface area contributed by atoms with Gasteiger partial charge in [-0.2, -0.15) is 0 Å². The fourth-order valence-corrected chi connectivity index (χ4v) is 2.63. The van der Waals surface area contributed by atoms with Gasteiger partial charge in [-0.1, -0.05) is 23.7 Å². The molecule has 0 spiro atoms. The molecule has 0 aliphatic carbocycles. The van der Waals surface area contributed by atoms with E-state index in [9.17, 15) is 4.79 Å². The maximum absolute atomic E-state index is 12.7. The lowest BCUT2D eigenvalue weighted by molar-refractivity contribution is 0.102. The molecule has 0 atom stereocenters. The third-order valence-corrected chi connectivity index (χ3v) is 4.14. The fourth-order valence-electron chi connectivity index (χ4n) is 2.45. The Morgan fingerprint density at radius 1 is 1.00 bits per heavy atom. The standard InChI is InChI=1S/C20H18ClN3O3/c1-26-14-7-8-18(27-2)17(12-14)24-20(25)13-9-10-22-19(11-13)23-16-6-4-3-5-15(16)21/h3-12H,1-2H3,(H,22,23)(H,24,25). The third-order valence-electron chi connectivity index (χ3n) is 3.81. The van der Waals surface area contributed by atoms with Crippen LogP contribution in [0.2, 0.25) is 5.02 Å². The number of carbonyl (C=O) groups excluding carboxylic acids is 1. The molecule has 0 bridgehead atoms. The lowest BCUT2D eigenvalue weighted by atomic mass is 10.2. The Balaban J connectivity index is 1.81. The van der Waals surface area contributed by atoms with Gasteiger partial charge in [-0.25, -0.2) is 4.98 Å². The number of anilines is 3. The van der Waals surface area contributed by atoms with Crippen LogP contribution in [0.25, 0.3) is 0 Å². The molecule has 2 aromatic carbocycles. The maximum Gasteiger partial charge on any atom is 0.255 e. The van der Waals surface area contributed by atoms with E-state index in [-0.39, 0.29) is 5.91 Å². The average molecular weight is 384 g/mol. The van der Waals surface area contributed by atoms with Crippen molar-refractivity contribution >= 4 is 34.7 Å². The van der Waals surface area contributed by atoms with Crippen LogP contribution in [0.15, 0.2) is 60.8 Å². The van der Waals surface area contributed by atoms with Crippen molar-refractivity contribution in [2.24, 2.45) is 0 Å². The van der Waals surface area contributed by atoms with E-state index in [2.05, 4.69) is 15.6 Å². The molecular weight excluding hydrogens is 366 g/mol. The summed E-state index contributed by atoms with van der Waals surface area (Å²) >= 11 is 6.15. The molecule has 1 amide bonds. The summed E-state index contributed by atoms with van der Waals surface area (Å²) in [4.78, 5) is 16.9. The van der Waals surface area contributed by atoms with Crippen molar-refractivity contribution in [3.8, 4) is 11.5 Å². The first kappa shape index (κ1) is 18.5. The number of amides is 1. The molecule has 0 unspecified atom stereocenters. The lowest BCUT2D eigenvalue weighted by Gasteiger charge is -2.12. The van der Waals surface area contributed by atoms with E-state index in [0.29, 0.717) is 39.3 Å². The van der Waals surface area contributed by atoms with Crippen molar-refractivity contribution in [3.63, 3.8) is 0 Å². The topological polar surface area (TPSA) is 72.5 Å². The van der Waals surface area contributed by atoms with E-state index in [1.54, 1.807) is 49.7 Å². The van der Waals surface area contributed by atoms with Gasteiger partial charge in [-0.15, -0.1) is 0 Å². The molecule has 0 aliphatic heterocycles. The predicted molar refractivity (Wildman–Crippen MR) is 106 cm³/mol. The van der Waals surface area contributed by atoms with Crippen molar-refractivity contribution in [2.75, 3.05) is 24.9 Å². The quantitative estimate of drug-likeness (QED) is 0.642. The molecule has 7 heteroatoms. The van der Waals surface area contributed by atoms with Crippen LogP contribution < -0.4 is 20.1 Å². The second-order valence-corrected chi connectivity index (χ2v) is 5.96. The van der Waals surface area contributed by atoms with Crippen LogP contribution in [0, 0.1) is 0 Å². The summed E-state index contributed by atoms with van der Waals surface area (Å²) in [6, 6.07) is 15.8. The molecule has 0 radical (unpaired) electrons. The summed E-state index contributed by atoms with van der Waals surface area (Å²) in [5.41, 5.74) is 1.65. The van der Waals surface area contributed by atoms with Gasteiger partial charge in [-0.3, -0.25) is 4.79 Å². The maximum atomic E-state index is 12.7. The molecular formula is C20H18ClN3O3. The zero-order chi connectivity index (χ0) is 19.2. The molecule has 2 N–H and O–H groups in total. The number of halogens is 1. The van der Waals surface area contributed by atoms with E-state index >= 15 is 0 Å². The van der Waals surface area contributed by atoms with E-state index in [1.807, 2.05) is 18.2 Å². The minimum absolute atomic E-state index is 0.300. The summed E-state index contributed by atoms with van der Waals surface area (Å²) in [6.07, 6.45) is 1.55. The molecule has 27 heavy (non-hydrogen) atoms. The molecule has 0 saturated heterocycles. The monoisotopic (exact) mass is 383 g/mol. The summed E-state index contributed by atoms with van der Waals surface area (Å²) in [6.45, 7) is 0. The first-order chi connectivity index (χ1) is 13.1. The molecule has 1 aromatic heterocycles. The third kappa shape index (κ3) is 4.48. The first-order valence-corrected chi connectivity index (χ1v) is 8.49. The van der Waals surface area contributed by atoms with Crippen molar-refractivity contribution in [3.05, 3.63) is 71.4 Å². The van der Waals surface area contributed by atoms with Gasteiger partial charge in [-0.05, 0) is 36.4 Å². The number of carbonyl (C=O) groups is 1. The van der Waals surface area contributed by atoms with Crippen LogP contribution in [0.3, 0.4) is 0 Å². The summed E-state index contributed by atoms with van der Waals surface area (Å²) in [7, 11) is 3.10. The van der Waals surface area contributed by atoms with Crippen LogP contribution in [-0.2, 0) is 0 Å². The second-order valence-electron chi connectivity index (χ2n) is 5.55. The minimum Gasteiger partial charge on any atom is -0.497 e. The van der Waals surface area contributed by atoms with Gasteiger partial charge in [0, 0.05) is 17.8 Å². The number of rotatable bonds is 6. The zero-order valence-electron chi connectivity index (χ0n) is 14.8. The van der Waals surface area contributed by atoms with Crippen molar-refractivity contribution in [2.45, 2.75) is 0 Å². The Labute approximate surface area is 162 Å². The minimum atomic E-state index is -0.300. The molecule has 6 nitrogen and oxygen atoms in total. The summed E-state index contributed by atoms with van der Waals surface area (Å²) in [5, 5.41) is 6.50. The Hall–Kier alpha value is -3.25. The van der Waals surface area contributed by atoms with Crippen LogP contribution in [0.5, 0.6) is 11.5 Å². The summed E-state index contributed by atoms with van der Waals surface area (Å²) < 4.78 is 10.5. The summed E-state index contributed by atoms with van der Waals surface area (Å²) in [5.74, 6) is 1.36. The van der Waals surface area contributed by atoms with E-state index in [4.69, 9.17) is 21.1 Å². The first-order valence-electron chi connectivity index (χ1n) is 8.11. The molecule has 3 aromatic rings. The number of pyridine rings is 1. The molecule has 1 heterocycles. The number of hydrogen-bond donors (Lipinski definition) is 2. The average Bonchev–Trinajstić information content (AvgIpc) is 2.70. The number of aromatic nitrogens is 1.